The minimum Gasteiger partial charge on any atom is -0.497 e. The molecule has 4 rings (SSSR count). The highest BCUT2D eigenvalue weighted by molar-refractivity contribution is 5.75. The maximum Gasteiger partial charge on any atom is 0.220 e. The van der Waals surface area contributed by atoms with Crippen LogP contribution in [0.3, 0.4) is 0 Å². The quantitative estimate of drug-likeness (QED) is 0.267. The van der Waals surface area contributed by atoms with Gasteiger partial charge in [0.05, 0.1) is 7.11 Å². The van der Waals surface area contributed by atoms with Gasteiger partial charge in [-0.1, -0.05) is 48.9 Å². The molecule has 1 amide bonds. The Morgan fingerprint density at radius 1 is 1.03 bits per heavy atom. The van der Waals surface area contributed by atoms with Crippen molar-refractivity contribution < 1.29 is 13.9 Å². The van der Waals surface area contributed by atoms with E-state index >= 15 is 0 Å². The third-order valence-electron chi connectivity index (χ3n) is 7.05. The molecular weight excluding hydrogens is 453 g/mol. The van der Waals surface area contributed by atoms with Gasteiger partial charge in [0, 0.05) is 19.2 Å². The van der Waals surface area contributed by atoms with Crippen LogP contribution < -0.4 is 10.1 Å². The maximum absolute atomic E-state index is 12.9. The summed E-state index contributed by atoms with van der Waals surface area (Å²) >= 11 is 0. The number of likely N-dealkylation sites (tertiary alicyclic amines) is 1. The molecule has 2 heterocycles. The van der Waals surface area contributed by atoms with Gasteiger partial charge in [-0.3, -0.25) is 4.79 Å². The molecular formula is C30H36FN3O2. The molecule has 0 atom stereocenters. The fourth-order valence-electron chi connectivity index (χ4n) is 4.95. The van der Waals surface area contributed by atoms with Crippen molar-refractivity contribution in [2.24, 2.45) is 0 Å². The molecule has 1 aliphatic rings. The number of amides is 1. The van der Waals surface area contributed by atoms with Crippen molar-refractivity contribution in [3.8, 4) is 16.9 Å². The van der Waals surface area contributed by atoms with E-state index in [1.807, 2.05) is 12.1 Å². The highest BCUT2D eigenvalue weighted by Gasteiger charge is 2.22. The number of carbonyl (C=O) groups is 1. The Morgan fingerprint density at radius 3 is 2.53 bits per heavy atom. The second-order valence-corrected chi connectivity index (χ2v) is 9.51. The first-order chi connectivity index (χ1) is 17.6. The molecule has 0 aliphatic carbocycles. The van der Waals surface area contributed by atoms with E-state index in [2.05, 4.69) is 51.6 Å². The Balaban J connectivity index is 1.15. The number of pyridine rings is 1. The number of carbonyl (C=O) groups excluding carboxylic acids is 1. The molecule has 1 fully saturated rings. The zero-order valence-electron chi connectivity index (χ0n) is 21.1. The summed E-state index contributed by atoms with van der Waals surface area (Å²) in [5.41, 5.74) is 4.82. The van der Waals surface area contributed by atoms with Crippen LogP contribution in [0.25, 0.3) is 11.1 Å². The van der Waals surface area contributed by atoms with Gasteiger partial charge in [-0.05, 0) is 91.7 Å². The average molecular weight is 490 g/mol. The van der Waals surface area contributed by atoms with Gasteiger partial charge in [0.2, 0.25) is 11.9 Å². The topological polar surface area (TPSA) is 54.5 Å². The van der Waals surface area contributed by atoms with Crippen LogP contribution >= 0.6 is 0 Å². The molecule has 0 unspecified atom stereocenters. The summed E-state index contributed by atoms with van der Waals surface area (Å²) in [4.78, 5) is 18.2. The Hall–Kier alpha value is -3.25. The number of halogens is 1. The van der Waals surface area contributed by atoms with Crippen LogP contribution in [0.4, 0.5) is 4.39 Å². The van der Waals surface area contributed by atoms with Gasteiger partial charge in [0.15, 0.2) is 0 Å². The van der Waals surface area contributed by atoms with Crippen LogP contribution in [0.15, 0.2) is 66.9 Å². The van der Waals surface area contributed by atoms with Gasteiger partial charge in [0.1, 0.15) is 5.75 Å². The van der Waals surface area contributed by atoms with E-state index in [9.17, 15) is 9.18 Å². The fourth-order valence-corrected chi connectivity index (χ4v) is 4.95. The normalized spacial score (nSPS) is 14.5. The van der Waals surface area contributed by atoms with E-state index in [1.54, 1.807) is 13.2 Å². The van der Waals surface area contributed by atoms with Crippen molar-refractivity contribution in [2.45, 2.75) is 51.0 Å². The van der Waals surface area contributed by atoms with E-state index in [1.165, 1.54) is 41.8 Å². The Bertz CT molecular complexity index is 1090. The lowest BCUT2D eigenvalue weighted by Crippen LogP contribution is -2.33. The molecule has 3 aromatic rings. The van der Waals surface area contributed by atoms with E-state index in [-0.39, 0.29) is 5.91 Å². The van der Waals surface area contributed by atoms with Crippen LogP contribution in [0.1, 0.15) is 55.6 Å². The molecule has 2 aromatic carbocycles. The smallest absolute Gasteiger partial charge is 0.220 e. The van der Waals surface area contributed by atoms with Gasteiger partial charge in [-0.15, -0.1) is 0 Å². The number of nitrogens with one attached hydrogen (secondary N) is 1. The predicted octanol–water partition coefficient (Wildman–Crippen LogP) is 5.95. The molecule has 0 saturated carbocycles. The van der Waals surface area contributed by atoms with E-state index in [4.69, 9.17) is 4.74 Å². The Labute approximate surface area is 213 Å². The molecule has 1 saturated heterocycles. The first kappa shape index (κ1) is 25.8. The van der Waals surface area contributed by atoms with E-state index < -0.39 is 5.95 Å². The number of rotatable bonds is 11. The number of unbranched alkanes of at least 4 members (excludes halogenated alkanes) is 2. The molecule has 36 heavy (non-hydrogen) atoms. The second kappa shape index (κ2) is 13.2. The molecule has 1 aliphatic heterocycles. The molecule has 190 valence electrons. The van der Waals surface area contributed by atoms with Crippen molar-refractivity contribution in [3.05, 3.63) is 83.9 Å². The zero-order chi connectivity index (χ0) is 25.2. The van der Waals surface area contributed by atoms with Gasteiger partial charge < -0.3 is 15.0 Å². The van der Waals surface area contributed by atoms with Crippen molar-refractivity contribution in [3.63, 3.8) is 0 Å². The van der Waals surface area contributed by atoms with Crippen LogP contribution in [-0.4, -0.2) is 42.5 Å². The molecule has 0 radical (unpaired) electrons. The summed E-state index contributed by atoms with van der Waals surface area (Å²) in [6, 6.07) is 20.1. The molecule has 1 N–H and O–H groups in total. The summed E-state index contributed by atoms with van der Waals surface area (Å²) < 4.78 is 18.2. The van der Waals surface area contributed by atoms with Crippen molar-refractivity contribution in [1.82, 2.24) is 15.2 Å². The van der Waals surface area contributed by atoms with Gasteiger partial charge >= 0.3 is 0 Å². The standard InChI is InChI=1S/C30H36FN3O2/c1-36-26-13-11-24(12-14-26)27-7-4-5-8-28(27)25-16-19-34(20-17-25)18-6-2-3-9-30(35)33-22-23-10-15-29(31)32-21-23/h4-5,7-8,10-15,21,25H,2-3,6,9,16-20,22H2,1H3,(H,33,35). The third kappa shape index (κ3) is 7.37. The van der Waals surface area contributed by atoms with E-state index in [0.29, 0.717) is 18.9 Å². The van der Waals surface area contributed by atoms with E-state index in [0.717, 1.165) is 50.2 Å². The number of ether oxygens (including phenoxy) is 1. The zero-order valence-corrected chi connectivity index (χ0v) is 21.1. The minimum atomic E-state index is -0.507. The number of aromatic nitrogens is 1. The third-order valence-corrected chi connectivity index (χ3v) is 7.05. The summed E-state index contributed by atoms with van der Waals surface area (Å²) in [5, 5.41) is 2.88. The number of hydrogen-bond donors (Lipinski definition) is 1. The van der Waals surface area contributed by atoms with Crippen LogP contribution in [0.5, 0.6) is 5.75 Å². The summed E-state index contributed by atoms with van der Waals surface area (Å²) in [5.74, 6) is 0.996. The monoisotopic (exact) mass is 489 g/mol. The molecule has 0 bridgehead atoms. The van der Waals surface area contributed by atoms with Gasteiger partial charge in [-0.25, -0.2) is 4.98 Å². The highest BCUT2D eigenvalue weighted by atomic mass is 19.1. The number of nitrogens with zero attached hydrogens (tertiary/aromatic N) is 2. The highest BCUT2D eigenvalue weighted by Crippen LogP contribution is 2.35. The average Bonchev–Trinajstić information content (AvgIpc) is 2.93. The summed E-state index contributed by atoms with van der Waals surface area (Å²) in [7, 11) is 1.70. The molecule has 1 aromatic heterocycles. The van der Waals surface area contributed by atoms with Crippen molar-refractivity contribution in [2.75, 3.05) is 26.7 Å². The summed E-state index contributed by atoms with van der Waals surface area (Å²) in [6.45, 7) is 3.72. The Morgan fingerprint density at radius 2 is 1.81 bits per heavy atom. The fraction of sp³-hybridized carbons (Fsp3) is 0.400. The van der Waals surface area contributed by atoms with Crippen LogP contribution in [0, 0.1) is 5.95 Å². The number of hydrogen-bond acceptors (Lipinski definition) is 4. The first-order valence-corrected chi connectivity index (χ1v) is 12.9. The van der Waals surface area contributed by atoms with Crippen LogP contribution in [0.2, 0.25) is 0 Å². The Kier molecular flexibility index (Phi) is 9.45. The maximum atomic E-state index is 12.9. The first-order valence-electron chi connectivity index (χ1n) is 12.9. The number of benzene rings is 2. The second-order valence-electron chi connectivity index (χ2n) is 9.51. The van der Waals surface area contributed by atoms with Gasteiger partial charge in [-0.2, -0.15) is 4.39 Å². The lowest BCUT2D eigenvalue weighted by molar-refractivity contribution is -0.121. The largest absolute Gasteiger partial charge is 0.497 e. The van der Waals surface area contributed by atoms with Crippen molar-refractivity contribution >= 4 is 5.91 Å². The number of piperidine rings is 1. The lowest BCUT2D eigenvalue weighted by atomic mass is 9.84. The molecule has 5 nitrogen and oxygen atoms in total. The summed E-state index contributed by atoms with van der Waals surface area (Å²) in [6.07, 6.45) is 7.38. The SMILES string of the molecule is COc1ccc(-c2ccccc2C2CCN(CCCCCC(=O)NCc3ccc(F)nc3)CC2)cc1. The molecule has 0 spiro atoms. The minimum absolute atomic E-state index is 0.0377. The number of methoxy groups -OCH3 is 1. The van der Waals surface area contributed by atoms with Crippen molar-refractivity contribution in [1.29, 1.82) is 0 Å². The van der Waals surface area contributed by atoms with Crippen LogP contribution in [-0.2, 0) is 11.3 Å². The predicted molar refractivity (Wildman–Crippen MR) is 141 cm³/mol. The van der Waals surface area contributed by atoms with Gasteiger partial charge in [0.25, 0.3) is 0 Å². The lowest BCUT2D eigenvalue weighted by Gasteiger charge is -2.33. The molecule has 6 heteroatoms.